The zero-order chi connectivity index (χ0) is 22.3. The Kier molecular flexibility index (Phi) is 5.14. The molecule has 2 fully saturated rings. The van der Waals surface area contributed by atoms with E-state index in [1.807, 2.05) is 0 Å². The van der Waals surface area contributed by atoms with Gasteiger partial charge in [-0.25, -0.2) is 18.5 Å². The Hall–Kier alpha value is -3.82. The Bertz CT molecular complexity index is 1100. The first-order valence-electron chi connectivity index (χ1n) is 9.52. The van der Waals surface area contributed by atoms with Crippen LogP contribution in [0.15, 0.2) is 36.4 Å². The highest BCUT2D eigenvalue weighted by molar-refractivity contribution is 6.20. The molecule has 2 heterocycles. The van der Waals surface area contributed by atoms with Gasteiger partial charge in [-0.3, -0.25) is 14.4 Å². The van der Waals surface area contributed by atoms with Gasteiger partial charge >= 0.3 is 6.03 Å². The molecule has 1 unspecified atom stereocenters. The van der Waals surface area contributed by atoms with Crippen molar-refractivity contribution in [2.24, 2.45) is 5.92 Å². The number of anilines is 3. The van der Waals surface area contributed by atoms with E-state index in [4.69, 9.17) is 0 Å². The van der Waals surface area contributed by atoms with Gasteiger partial charge in [-0.05, 0) is 36.8 Å². The summed E-state index contributed by atoms with van der Waals surface area (Å²) in [4.78, 5) is 51.2. The summed E-state index contributed by atoms with van der Waals surface area (Å²) in [6.45, 7) is 1.65. The van der Waals surface area contributed by atoms with Crippen LogP contribution < -0.4 is 20.4 Å². The van der Waals surface area contributed by atoms with Gasteiger partial charge in [0.15, 0.2) is 11.6 Å². The molecule has 4 rings (SSSR count). The van der Waals surface area contributed by atoms with Crippen LogP contribution in [-0.4, -0.2) is 36.8 Å². The number of nitrogens with zero attached hydrogens (tertiary/aromatic N) is 2. The predicted molar refractivity (Wildman–Crippen MR) is 108 cm³/mol. The zero-order valence-electron chi connectivity index (χ0n) is 16.4. The van der Waals surface area contributed by atoms with Crippen molar-refractivity contribution in [3.8, 4) is 0 Å². The van der Waals surface area contributed by atoms with Crippen molar-refractivity contribution in [2.45, 2.75) is 13.3 Å². The highest BCUT2D eigenvalue weighted by atomic mass is 19.2. The van der Waals surface area contributed by atoms with Crippen molar-refractivity contribution in [1.29, 1.82) is 0 Å². The summed E-state index contributed by atoms with van der Waals surface area (Å²) in [5.41, 5.74) is 1.56. The molecule has 1 atom stereocenters. The second-order valence-electron chi connectivity index (χ2n) is 7.38. The minimum atomic E-state index is -1.08. The topological polar surface area (TPSA) is 98.8 Å². The number of carbonyl (C=O) groups excluding carboxylic acids is 4. The Morgan fingerprint density at radius 1 is 1.06 bits per heavy atom. The van der Waals surface area contributed by atoms with Gasteiger partial charge in [0.05, 0.1) is 18.2 Å². The quantitative estimate of drug-likeness (QED) is 0.731. The lowest BCUT2D eigenvalue weighted by molar-refractivity contribution is -0.122. The molecule has 0 saturated carbocycles. The molecule has 0 spiro atoms. The second-order valence-corrected chi connectivity index (χ2v) is 7.38. The average Bonchev–Trinajstić information content (AvgIpc) is 3.28. The summed E-state index contributed by atoms with van der Waals surface area (Å²) < 4.78 is 26.7. The lowest BCUT2D eigenvalue weighted by Gasteiger charge is -2.18. The highest BCUT2D eigenvalue weighted by Gasteiger charge is 2.36. The van der Waals surface area contributed by atoms with Crippen molar-refractivity contribution in [1.82, 2.24) is 5.32 Å². The number of halogens is 2. The van der Waals surface area contributed by atoms with Crippen LogP contribution in [0.1, 0.15) is 12.0 Å². The number of hydrogen-bond acceptors (Lipinski definition) is 4. The Balaban J connectivity index is 1.49. The third-order valence-electron chi connectivity index (χ3n) is 5.27. The normalized spacial score (nSPS) is 18.5. The van der Waals surface area contributed by atoms with Gasteiger partial charge in [0.1, 0.15) is 0 Å². The number of imide groups is 1. The van der Waals surface area contributed by atoms with Crippen LogP contribution in [0.3, 0.4) is 0 Å². The maximum Gasteiger partial charge on any atom is 0.329 e. The van der Waals surface area contributed by atoms with Crippen molar-refractivity contribution in [3.63, 3.8) is 0 Å². The summed E-state index contributed by atoms with van der Waals surface area (Å²) in [5, 5.41) is 5.14. The number of urea groups is 1. The van der Waals surface area contributed by atoms with Crippen LogP contribution in [0.25, 0.3) is 0 Å². The van der Waals surface area contributed by atoms with Gasteiger partial charge in [-0.1, -0.05) is 6.07 Å². The third kappa shape index (κ3) is 3.83. The monoisotopic (exact) mass is 428 g/mol. The molecule has 2 aromatic carbocycles. The molecule has 2 aliphatic rings. The second kappa shape index (κ2) is 7.78. The van der Waals surface area contributed by atoms with E-state index < -0.39 is 35.4 Å². The molecule has 8 nitrogen and oxygen atoms in total. The molecule has 0 radical (unpaired) electrons. The van der Waals surface area contributed by atoms with Crippen molar-refractivity contribution >= 4 is 40.8 Å². The predicted octanol–water partition coefficient (Wildman–Crippen LogP) is 2.32. The number of nitrogens with one attached hydrogen (secondary N) is 2. The number of rotatable bonds is 4. The molecule has 5 amide bonds. The van der Waals surface area contributed by atoms with Crippen LogP contribution in [0.5, 0.6) is 0 Å². The molecular weight excluding hydrogens is 410 g/mol. The summed E-state index contributed by atoms with van der Waals surface area (Å²) in [7, 11) is 0. The van der Waals surface area contributed by atoms with Crippen LogP contribution >= 0.6 is 0 Å². The maximum atomic E-state index is 13.5. The van der Waals surface area contributed by atoms with E-state index >= 15 is 0 Å². The van der Waals surface area contributed by atoms with Gasteiger partial charge in [-0.15, -0.1) is 0 Å². The van der Waals surface area contributed by atoms with Gasteiger partial charge in [0.25, 0.3) is 5.91 Å². The van der Waals surface area contributed by atoms with Crippen LogP contribution in [0.4, 0.5) is 30.6 Å². The number of carbonyl (C=O) groups is 4. The molecular formula is C21H18F2N4O4. The van der Waals surface area contributed by atoms with Crippen molar-refractivity contribution < 1.29 is 28.0 Å². The number of amides is 5. The molecule has 2 saturated heterocycles. The summed E-state index contributed by atoms with van der Waals surface area (Å²) in [6, 6.07) is 7.38. The van der Waals surface area contributed by atoms with Crippen molar-refractivity contribution in [2.75, 3.05) is 28.2 Å². The summed E-state index contributed by atoms with van der Waals surface area (Å²) in [6.07, 6.45) is -0.0867. The lowest BCUT2D eigenvalue weighted by Crippen LogP contribution is -2.31. The van der Waals surface area contributed by atoms with E-state index in [1.54, 1.807) is 19.1 Å². The molecule has 10 heteroatoms. The minimum Gasteiger partial charge on any atom is -0.328 e. The number of benzene rings is 2. The van der Waals surface area contributed by atoms with E-state index in [0.29, 0.717) is 16.9 Å². The first-order chi connectivity index (χ1) is 14.7. The lowest BCUT2D eigenvalue weighted by atomic mass is 10.1. The van der Waals surface area contributed by atoms with Crippen LogP contribution in [0, 0.1) is 24.5 Å². The van der Waals surface area contributed by atoms with E-state index in [9.17, 15) is 28.0 Å². The Labute approximate surface area is 175 Å². The van der Waals surface area contributed by atoms with E-state index in [0.717, 1.165) is 17.0 Å². The highest BCUT2D eigenvalue weighted by Crippen LogP contribution is 2.29. The molecule has 2 aliphatic heterocycles. The number of hydrogen-bond donors (Lipinski definition) is 2. The Morgan fingerprint density at radius 2 is 1.84 bits per heavy atom. The molecule has 0 aliphatic carbocycles. The molecule has 2 aromatic rings. The van der Waals surface area contributed by atoms with Crippen molar-refractivity contribution in [3.05, 3.63) is 53.6 Å². The average molecular weight is 428 g/mol. The summed E-state index contributed by atoms with van der Waals surface area (Å²) in [5.74, 6) is -4.03. The van der Waals surface area contributed by atoms with Gasteiger partial charge < -0.3 is 15.5 Å². The van der Waals surface area contributed by atoms with E-state index in [1.165, 1.54) is 17.0 Å². The SMILES string of the molecule is Cc1ccc(NC(=O)C2CC(=O)N(c3ccc(F)c(F)c3)C2)cc1N1C(=O)CNC1=O. The number of aryl methyl sites for hydroxylation is 1. The molecule has 0 bridgehead atoms. The molecule has 2 N–H and O–H groups in total. The first-order valence-corrected chi connectivity index (χ1v) is 9.52. The fraction of sp³-hybridized carbons (Fsp3) is 0.238. The minimum absolute atomic E-state index is 0.0154. The third-order valence-corrected chi connectivity index (χ3v) is 5.27. The molecule has 0 aromatic heterocycles. The first kappa shape index (κ1) is 20.5. The molecule has 31 heavy (non-hydrogen) atoms. The van der Waals surface area contributed by atoms with Crippen LogP contribution in [-0.2, 0) is 14.4 Å². The van der Waals surface area contributed by atoms with Gasteiger partial charge in [0.2, 0.25) is 11.8 Å². The maximum absolute atomic E-state index is 13.5. The summed E-state index contributed by atoms with van der Waals surface area (Å²) >= 11 is 0. The smallest absolute Gasteiger partial charge is 0.328 e. The molecule has 160 valence electrons. The van der Waals surface area contributed by atoms with E-state index in [2.05, 4.69) is 10.6 Å². The fourth-order valence-corrected chi connectivity index (χ4v) is 3.62. The largest absolute Gasteiger partial charge is 0.329 e. The van der Waals surface area contributed by atoms with Gasteiger partial charge in [0, 0.05) is 30.4 Å². The van der Waals surface area contributed by atoms with E-state index in [-0.39, 0.29) is 31.1 Å². The standard InChI is InChI=1S/C21H18F2N4O4/c1-11-2-3-13(7-17(11)27-19(29)9-24-21(27)31)25-20(30)12-6-18(28)26(10-12)14-4-5-15(22)16(23)8-14/h2-5,7-8,12H,6,9-10H2,1H3,(H,24,31)(H,25,30). The Morgan fingerprint density at radius 3 is 2.52 bits per heavy atom. The fourth-order valence-electron chi connectivity index (χ4n) is 3.62. The van der Waals surface area contributed by atoms with Gasteiger partial charge in [-0.2, -0.15) is 0 Å². The zero-order valence-corrected chi connectivity index (χ0v) is 16.4. The van der Waals surface area contributed by atoms with Crippen LogP contribution in [0.2, 0.25) is 0 Å².